The van der Waals surface area contributed by atoms with E-state index in [0.717, 1.165) is 19.5 Å². The number of carbonyl (C=O) groups is 1. The Hall–Kier alpha value is -1.52. The van der Waals surface area contributed by atoms with Gasteiger partial charge in [0.1, 0.15) is 0 Å². The van der Waals surface area contributed by atoms with Crippen molar-refractivity contribution in [2.24, 2.45) is 0 Å². The highest BCUT2D eigenvalue weighted by molar-refractivity contribution is 6.30. The smallest absolute Gasteiger partial charge is 0.319 e. The molecule has 4 nitrogen and oxygen atoms in total. The molecule has 0 spiro atoms. The van der Waals surface area contributed by atoms with Gasteiger partial charge in [0, 0.05) is 23.8 Å². The lowest BCUT2D eigenvalue weighted by atomic mass is 10.1. The van der Waals surface area contributed by atoms with Gasteiger partial charge in [-0.1, -0.05) is 29.3 Å². The molecule has 0 saturated heterocycles. The minimum Gasteiger partial charge on any atom is -0.334 e. The normalized spacial score (nSPS) is 14.8. The van der Waals surface area contributed by atoms with Crippen LogP contribution in [-0.4, -0.2) is 25.7 Å². The Balaban J connectivity index is 1.80. The van der Waals surface area contributed by atoms with E-state index in [2.05, 4.69) is 22.0 Å². The molecule has 2 rings (SSSR count). The van der Waals surface area contributed by atoms with Gasteiger partial charge in [0.2, 0.25) is 0 Å². The summed E-state index contributed by atoms with van der Waals surface area (Å²) in [6, 6.07) is 6.87. The molecular weight excluding hydrogens is 250 g/mol. The second kappa shape index (κ2) is 6.42. The molecule has 96 valence electrons. The Labute approximate surface area is 111 Å². The number of urea groups is 1. The third-order valence-corrected chi connectivity index (χ3v) is 2.95. The molecule has 0 aliphatic carbocycles. The maximum atomic E-state index is 11.7. The minimum atomic E-state index is -0.211. The van der Waals surface area contributed by atoms with Crippen molar-refractivity contribution >= 4 is 23.3 Å². The first kappa shape index (κ1) is 12.9. The molecule has 18 heavy (non-hydrogen) atoms. The van der Waals surface area contributed by atoms with E-state index in [4.69, 9.17) is 11.6 Å². The highest BCUT2D eigenvalue weighted by Gasteiger charge is 2.05. The summed E-state index contributed by atoms with van der Waals surface area (Å²) in [5.41, 5.74) is 1.95. The van der Waals surface area contributed by atoms with Crippen molar-refractivity contribution in [1.29, 1.82) is 0 Å². The summed E-state index contributed by atoms with van der Waals surface area (Å²) >= 11 is 5.84. The van der Waals surface area contributed by atoms with Crippen molar-refractivity contribution < 1.29 is 4.79 Å². The second-order valence-corrected chi connectivity index (χ2v) is 4.57. The average molecular weight is 266 g/mol. The maximum absolute atomic E-state index is 11.7. The topological polar surface area (TPSA) is 53.2 Å². The summed E-state index contributed by atoms with van der Waals surface area (Å²) in [7, 11) is 0. The number of rotatable bonds is 3. The molecule has 1 aliphatic rings. The molecule has 0 aromatic heterocycles. The SMILES string of the molecule is O=C(NCC1=CCNCC1)Nc1cccc(Cl)c1. The van der Waals surface area contributed by atoms with E-state index in [1.807, 2.05) is 0 Å². The van der Waals surface area contributed by atoms with E-state index in [0.29, 0.717) is 17.3 Å². The number of amides is 2. The van der Waals surface area contributed by atoms with Gasteiger partial charge in [-0.15, -0.1) is 0 Å². The fourth-order valence-electron chi connectivity index (χ4n) is 1.77. The van der Waals surface area contributed by atoms with Crippen molar-refractivity contribution in [3.8, 4) is 0 Å². The molecule has 2 amide bonds. The molecule has 0 unspecified atom stereocenters. The van der Waals surface area contributed by atoms with Gasteiger partial charge in [-0.25, -0.2) is 4.79 Å². The highest BCUT2D eigenvalue weighted by atomic mass is 35.5. The molecule has 5 heteroatoms. The van der Waals surface area contributed by atoms with Crippen molar-refractivity contribution in [3.05, 3.63) is 40.9 Å². The first-order chi connectivity index (χ1) is 8.74. The Morgan fingerprint density at radius 2 is 2.33 bits per heavy atom. The monoisotopic (exact) mass is 265 g/mol. The maximum Gasteiger partial charge on any atom is 0.319 e. The Kier molecular flexibility index (Phi) is 4.61. The van der Waals surface area contributed by atoms with Gasteiger partial charge in [-0.3, -0.25) is 0 Å². The number of anilines is 1. The predicted octanol–water partition coefficient (Wildman–Crippen LogP) is 2.38. The van der Waals surface area contributed by atoms with Crippen molar-refractivity contribution in [3.63, 3.8) is 0 Å². The predicted molar refractivity (Wildman–Crippen MR) is 74.0 cm³/mol. The molecule has 0 bridgehead atoms. The Morgan fingerprint density at radius 3 is 3.06 bits per heavy atom. The van der Waals surface area contributed by atoms with Gasteiger partial charge in [0.15, 0.2) is 0 Å². The zero-order valence-electron chi connectivity index (χ0n) is 10.0. The van der Waals surface area contributed by atoms with Crippen molar-refractivity contribution in [1.82, 2.24) is 10.6 Å². The molecule has 0 radical (unpaired) electrons. The fraction of sp³-hybridized carbons (Fsp3) is 0.308. The molecular formula is C13H16ClN3O. The highest BCUT2D eigenvalue weighted by Crippen LogP contribution is 2.14. The third kappa shape index (κ3) is 4.05. The van der Waals surface area contributed by atoms with E-state index in [1.165, 1.54) is 5.57 Å². The first-order valence-corrected chi connectivity index (χ1v) is 6.31. The van der Waals surface area contributed by atoms with Crippen LogP contribution in [0.5, 0.6) is 0 Å². The second-order valence-electron chi connectivity index (χ2n) is 4.13. The summed E-state index contributed by atoms with van der Waals surface area (Å²) in [5.74, 6) is 0. The zero-order valence-corrected chi connectivity index (χ0v) is 10.8. The number of carbonyl (C=O) groups excluding carboxylic acids is 1. The van der Waals surface area contributed by atoms with Gasteiger partial charge >= 0.3 is 6.03 Å². The molecule has 1 aromatic rings. The Morgan fingerprint density at radius 1 is 1.44 bits per heavy atom. The molecule has 1 heterocycles. The van der Waals surface area contributed by atoms with Crippen LogP contribution in [0.4, 0.5) is 10.5 Å². The van der Waals surface area contributed by atoms with Crippen LogP contribution in [0.1, 0.15) is 6.42 Å². The Bertz CT molecular complexity index is 459. The number of benzene rings is 1. The van der Waals surface area contributed by atoms with Crippen LogP contribution in [-0.2, 0) is 0 Å². The number of halogens is 1. The van der Waals surface area contributed by atoms with E-state index in [-0.39, 0.29) is 6.03 Å². The van der Waals surface area contributed by atoms with Gasteiger partial charge in [-0.2, -0.15) is 0 Å². The van der Waals surface area contributed by atoms with Crippen LogP contribution in [0.2, 0.25) is 5.02 Å². The van der Waals surface area contributed by atoms with Crippen LogP contribution in [0.25, 0.3) is 0 Å². The van der Waals surface area contributed by atoms with Crippen molar-refractivity contribution in [2.45, 2.75) is 6.42 Å². The molecule has 0 fully saturated rings. The lowest BCUT2D eigenvalue weighted by Gasteiger charge is -2.15. The van der Waals surface area contributed by atoms with Crippen LogP contribution >= 0.6 is 11.6 Å². The average Bonchev–Trinajstić information content (AvgIpc) is 2.38. The van der Waals surface area contributed by atoms with E-state index >= 15 is 0 Å². The molecule has 1 aromatic carbocycles. The molecule has 3 N–H and O–H groups in total. The number of hydrogen-bond donors (Lipinski definition) is 3. The van der Waals surface area contributed by atoms with Crippen LogP contribution in [0.15, 0.2) is 35.9 Å². The fourth-order valence-corrected chi connectivity index (χ4v) is 1.96. The summed E-state index contributed by atoms with van der Waals surface area (Å²) in [5, 5.41) is 9.41. The summed E-state index contributed by atoms with van der Waals surface area (Å²) in [4.78, 5) is 11.7. The van der Waals surface area contributed by atoms with E-state index in [1.54, 1.807) is 24.3 Å². The van der Waals surface area contributed by atoms with Crippen LogP contribution < -0.4 is 16.0 Å². The lowest BCUT2D eigenvalue weighted by molar-refractivity contribution is 0.252. The summed E-state index contributed by atoms with van der Waals surface area (Å²) in [6.45, 7) is 2.45. The van der Waals surface area contributed by atoms with Crippen LogP contribution in [0, 0.1) is 0 Å². The zero-order chi connectivity index (χ0) is 12.8. The van der Waals surface area contributed by atoms with Crippen molar-refractivity contribution in [2.75, 3.05) is 25.0 Å². The van der Waals surface area contributed by atoms with Gasteiger partial charge in [0.25, 0.3) is 0 Å². The van der Waals surface area contributed by atoms with Gasteiger partial charge in [-0.05, 0) is 31.2 Å². The lowest BCUT2D eigenvalue weighted by Crippen LogP contribution is -2.32. The van der Waals surface area contributed by atoms with E-state index < -0.39 is 0 Å². The standard InChI is InChI=1S/C13H16ClN3O/c14-11-2-1-3-12(8-11)17-13(18)16-9-10-4-6-15-7-5-10/h1-4,8,15H,5-7,9H2,(H2,16,17,18). The van der Waals surface area contributed by atoms with Gasteiger partial charge in [0.05, 0.1) is 0 Å². The first-order valence-electron chi connectivity index (χ1n) is 5.93. The van der Waals surface area contributed by atoms with Gasteiger partial charge < -0.3 is 16.0 Å². The largest absolute Gasteiger partial charge is 0.334 e. The minimum absolute atomic E-state index is 0.211. The summed E-state index contributed by atoms with van der Waals surface area (Å²) in [6.07, 6.45) is 3.10. The summed E-state index contributed by atoms with van der Waals surface area (Å²) < 4.78 is 0. The quantitative estimate of drug-likeness (QED) is 0.735. The molecule has 0 atom stereocenters. The third-order valence-electron chi connectivity index (χ3n) is 2.72. The molecule has 1 aliphatic heterocycles. The van der Waals surface area contributed by atoms with Crippen LogP contribution in [0.3, 0.4) is 0 Å². The number of hydrogen-bond acceptors (Lipinski definition) is 2. The van der Waals surface area contributed by atoms with E-state index in [9.17, 15) is 4.79 Å². The molecule has 0 saturated carbocycles. The number of nitrogens with one attached hydrogen (secondary N) is 3.